The van der Waals surface area contributed by atoms with Crippen molar-refractivity contribution in [2.75, 3.05) is 0 Å². The molecule has 0 N–H and O–H groups in total. The second kappa shape index (κ2) is 5.87. The maximum Gasteiger partial charge on any atom is 0.153 e. The summed E-state index contributed by atoms with van der Waals surface area (Å²) in [5.41, 5.74) is 1.63. The molecule has 1 aliphatic carbocycles. The van der Waals surface area contributed by atoms with Crippen LogP contribution in [0.25, 0.3) is 5.82 Å². The number of carbonyl (C=O) groups is 1. The van der Waals surface area contributed by atoms with Crippen LogP contribution in [0.2, 0.25) is 0 Å². The fourth-order valence-electron chi connectivity index (χ4n) is 2.81. The summed E-state index contributed by atoms with van der Waals surface area (Å²) in [5, 5.41) is 4.61. The predicted molar refractivity (Wildman–Crippen MR) is 80.3 cm³/mol. The molecule has 0 bridgehead atoms. The molecular weight excluding hydrogens is 318 g/mol. The summed E-state index contributed by atoms with van der Waals surface area (Å²) in [7, 11) is 0. The van der Waals surface area contributed by atoms with Gasteiger partial charge in [-0.2, -0.15) is 5.10 Å². The van der Waals surface area contributed by atoms with Crippen molar-refractivity contribution in [2.45, 2.75) is 38.0 Å². The Morgan fingerprint density at radius 1 is 1.25 bits per heavy atom. The van der Waals surface area contributed by atoms with Gasteiger partial charge in [0.1, 0.15) is 0 Å². The standard InChI is InChI=1S/C15H16BrN3O/c16-13-6-7-14(17-8-13)19-9-12(10-20)15(18-19)11-4-2-1-3-5-11/h6-11H,1-5H2. The summed E-state index contributed by atoms with van der Waals surface area (Å²) in [6.45, 7) is 0. The molecule has 4 nitrogen and oxygen atoms in total. The van der Waals surface area contributed by atoms with Crippen LogP contribution in [0.4, 0.5) is 0 Å². The van der Waals surface area contributed by atoms with Gasteiger partial charge in [0.25, 0.3) is 0 Å². The molecule has 2 aromatic rings. The van der Waals surface area contributed by atoms with E-state index in [2.05, 4.69) is 26.0 Å². The largest absolute Gasteiger partial charge is 0.298 e. The number of halogens is 1. The molecule has 0 aliphatic heterocycles. The van der Waals surface area contributed by atoms with Gasteiger partial charge in [-0.25, -0.2) is 9.67 Å². The van der Waals surface area contributed by atoms with Crippen molar-refractivity contribution < 1.29 is 4.79 Å². The molecular formula is C15H16BrN3O. The Labute approximate surface area is 126 Å². The van der Waals surface area contributed by atoms with E-state index in [1.165, 1.54) is 19.3 Å². The van der Waals surface area contributed by atoms with Crippen LogP contribution in [0, 0.1) is 0 Å². The minimum atomic E-state index is 0.417. The Kier molecular flexibility index (Phi) is 3.96. The van der Waals surface area contributed by atoms with Crippen LogP contribution in [0.15, 0.2) is 29.0 Å². The second-order valence-corrected chi connectivity index (χ2v) is 6.12. The van der Waals surface area contributed by atoms with E-state index in [0.717, 1.165) is 35.1 Å². The summed E-state index contributed by atoms with van der Waals surface area (Å²) in [4.78, 5) is 15.6. The number of pyridine rings is 1. The molecule has 1 aliphatic rings. The highest BCUT2D eigenvalue weighted by molar-refractivity contribution is 9.10. The molecule has 0 unspecified atom stereocenters. The smallest absolute Gasteiger partial charge is 0.153 e. The number of carbonyl (C=O) groups excluding carboxylic acids is 1. The SMILES string of the molecule is O=Cc1cn(-c2ccc(Br)cn2)nc1C1CCCCC1. The van der Waals surface area contributed by atoms with E-state index in [1.54, 1.807) is 17.1 Å². The van der Waals surface area contributed by atoms with E-state index in [4.69, 9.17) is 0 Å². The highest BCUT2D eigenvalue weighted by Gasteiger charge is 2.22. The summed E-state index contributed by atoms with van der Waals surface area (Å²) in [5.74, 6) is 1.15. The van der Waals surface area contributed by atoms with Gasteiger partial charge in [0.2, 0.25) is 0 Å². The van der Waals surface area contributed by atoms with Gasteiger partial charge in [-0.15, -0.1) is 0 Å². The zero-order valence-corrected chi connectivity index (χ0v) is 12.7. The van der Waals surface area contributed by atoms with Crippen molar-refractivity contribution in [3.8, 4) is 5.82 Å². The lowest BCUT2D eigenvalue weighted by molar-refractivity contribution is 0.112. The average Bonchev–Trinajstić information content (AvgIpc) is 2.93. The maximum absolute atomic E-state index is 11.3. The van der Waals surface area contributed by atoms with Gasteiger partial charge >= 0.3 is 0 Å². The topological polar surface area (TPSA) is 47.8 Å². The van der Waals surface area contributed by atoms with Crippen LogP contribution < -0.4 is 0 Å². The van der Waals surface area contributed by atoms with Crippen LogP contribution in [0.5, 0.6) is 0 Å². The van der Waals surface area contributed by atoms with Crippen LogP contribution in [0.3, 0.4) is 0 Å². The third-order valence-electron chi connectivity index (χ3n) is 3.84. The number of nitrogens with zero attached hydrogens (tertiary/aromatic N) is 3. The van der Waals surface area contributed by atoms with Crippen molar-refractivity contribution in [3.05, 3.63) is 40.3 Å². The number of hydrogen-bond acceptors (Lipinski definition) is 3. The molecule has 0 radical (unpaired) electrons. The quantitative estimate of drug-likeness (QED) is 0.800. The van der Waals surface area contributed by atoms with Gasteiger partial charge in [-0.1, -0.05) is 19.3 Å². The fourth-order valence-corrected chi connectivity index (χ4v) is 3.04. The molecule has 1 fully saturated rings. The monoisotopic (exact) mass is 333 g/mol. The maximum atomic E-state index is 11.3. The zero-order chi connectivity index (χ0) is 13.9. The number of hydrogen-bond donors (Lipinski definition) is 0. The molecule has 0 aromatic carbocycles. The van der Waals surface area contributed by atoms with Gasteiger partial charge in [-0.3, -0.25) is 4.79 Å². The van der Waals surface area contributed by atoms with Crippen molar-refractivity contribution in [1.29, 1.82) is 0 Å². The number of rotatable bonds is 3. The molecule has 0 spiro atoms. The highest BCUT2D eigenvalue weighted by atomic mass is 79.9. The predicted octanol–water partition coefficient (Wildman–Crippen LogP) is 3.89. The number of aromatic nitrogens is 3. The first kappa shape index (κ1) is 13.5. The van der Waals surface area contributed by atoms with Gasteiger partial charge in [-0.05, 0) is 40.9 Å². The van der Waals surface area contributed by atoms with Crippen LogP contribution >= 0.6 is 15.9 Å². The van der Waals surface area contributed by atoms with Crippen LogP contribution in [-0.2, 0) is 0 Å². The third kappa shape index (κ3) is 2.68. The van der Waals surface area contributed by atoms with E-state index < -0.39 is 0 Å². The molecule has 1 saturated carbocycles. The summed E-state index contributed by atoms with van der Waals surface area (Å²) >= 11 is 3.37. The lowest BCUT2D eigenvalue weighted by Crippen LogP contribution is -2.08. The normalized spacial score (nSPS) is 16.2. The molecule has 0 saturated heterocycles. The van der Waals surface area contributed by atoms with Gasteiger partial charge < -0.3 is 0 Å². The molecule has 0 atom stereocenters. The van der Waals surface area contributed by atoms with Gasteiger partial charge in [0.05, 0.1) is 11.3 Å². The third-order valence-corrected chi connectivity index (χ3v) is 4.31. The molecule has 20 heavy (non-hydrogen) atoms. The van der Waals surface area contributed by atoms with Crippen LogP contribution in [-0.4, -0.2) is 21.1 Å². The summed E-state index contributed by atoms with van der Waals surface area (Å²) in [6, 6.07) is 3.81. The van der Waals surface area contributed by atoms with E-state index in [9.17, 15) is 4.79 Å². The lowest BCUT2D eigenvalue weighted by atomic mass is 9.86. The molecule has 2 aromatic heterocycles. The first-order chi connectivity index (χ1) is 9.78. The van der Waals surface area contributed by atoms with Crippen molar-refractivity contribution in [1.82, 2.24) is 14.8 Å². The highest BCUT2D eigenvalue weighted by Crippen LogP contribution is 2.33. The minimum Gasteiger partial charge on any atom is -0.298 e. The summed E-state index contributed by atoms with van der Waals surface area (Å²) in [6.07, 6.45) is 10.4. The molecule has 5 heteroatoms. The molecule has 104 valence electrons. The molecule has 0 amide bonds. The average molecular weight is 334 g/mol. The second-order valence-electron chi connectivity index (χ2n) is 5.20. The summed E-state index contributed by atoms with van der Waals surface area (Å²) < 4.78 is 2.64. The Bertz CT molecular complexity index is 600. The minimum absolute atomic E-state index is 0.417. The lowest BCUT2D eigenvalue weighted by Gasteiger charge is -2.19. The Morgan fingerprint density at radius 3 is 2.70 bits per heavy atom. The Morgan fingerprint density at radius 2 is 2.05 bits per heavy atom. The van der Waals surface area contributed by atoms with Crippen molar-refractivity contribution in [2.24, 2.45) is 0 Å². The van der Waals surface area contributed by atoms with E-state index >= 15 is 0 Å². The van der Waals surface area contributed by atoms with E-state index in [0.29, 0.717) is 11.5 Å². The van der Waals surface area contributed by atoms with Crippen molar-refractivity contribution in [3.63, 3.8) is 0 Å². The Balaban J connectivity index is 1.95. The van der Waals surface area contributed by atoms with E-state index in [1.807, 2.05) is 12.1 Å². The first-order valence-corrected chi connectivity index (χ1v) is 7.74. The Hall–Kier alpha value is -1.49. The van der Waals surface area contributed by atoms with Gasteiger partial charge in [0.15, 0.2) is 12.1 Å². The van der Waals surface area contributed by atoms with E-state index in [-0.39, 0.29) is 0 Å². The number of aldehydes is 1. The molecule has 3 rings (SSSR count). The zero-order valence-electron chi connectivity index (χ0n) is 11.1. The molecule has 2 heterocycles. The van der Waals surface area contributed by atoms with Crippen molar-refractivity contribution >= 4 is 22.2 Å². The van der Waals surface area contributed by atoms with Gasteiger partial charge in [0, 0.05) is 22.8 Å². The van der Waals surface area contributed by atoms with Crippen LogP contribution in [0.1, 0.15) is 54.1 Å². The first-order valence-electron chi connectivity index (χ1n) is 6.94. The fraction of sp³-hybridized carbons (Fsp3) is 0.400.